The van der Waals surface area contributed by atoms with Crippen molar-refractivity contribution >= 4 is 34.1 Å². The van der Waals surface area contributed by atoms with E-state index in [1.807, 2.05) is 12.1 Å². The number of para-hydroxylation sites is 2. The van der Waals surface area contributed by atoms with Crippen LogP contribution in [0.1, 0.15) is 0 Å². The van der Waals surface area contributed by atoms with E-state index in [4.69, 9.17) is 16.0 Å². The number of nitrogens with one attached hydrogen (secondary N) is 1. The van der Waals surface area contributed by atoms with Crippen LogP contribution in [0, 0.1) is 0 Å². The maximum absolute atomic E-state index is 10.4. The number of anilines is 1. The highest BCUT2D eigenvalue weighted by Gasteiger charge is 2.05. The van der Waals surface area contributed by atoms with Gasteiger partial charge in [-0.25, -0.2) is 0 Å². The number of carbonyl (C=O) groups excluding carboxylic acids is 1. The Morgan fingerprint density at radius 1 is 1.46 bits per heavy atom. The van der Waals surface area contributed by atoms with Gasteiger partial charge in [0.1, 0.15) is 5.52 Å². The molecule has 0 saturated heterocycles. The molecule has 1 aromatic heterocycles. The van der Waals surface area contributed by atoms with E-state index in [2.05, 4.69) is 10.3 Å². The smallest absolute Gasteiger partial charge is 0.321 e. The molecule has 0 aliphatic carbocycles. The molecular weight excluding hydrogens is 192 g/mol. The summed E-state index contributed by atoms with van der Waals surface area (Å²) in [4.78, 5) is 14.4. The fourth-order valence-corrected chi connectivity index (χ4v) is 1.09. The average molecular weight is 197 g/mol. The van der Waals surface area contributed by atoms with Crippen LogP contribution in [-0.2, 0) is 0 Å². The third-order valence-electron chi connectivity index (χ3n) is 1.50. The summed E-state index contributed by atoms with van der Waals surface area (Å²) in [6.45, 7) is 0. The molecule has 0 fully saturated rings. The number of oxazole rings is 1. The van der Waals surface area contributed by atoms with Gasteiger partial charge in [-0.3, -0.25) is 10.1 Å². The Balaban J connectivity index is 2.44. The molecule has 4 nitrogen and oxygen atoms in total. The van der Waals surface area contributed by atoms with Crippen LogP contribution in [0.4, 0.5) is 10.8 Å². The Labute approximate surface area is 78.5 Å². The average Bonchev–Trinajstić information content (AvgIpc) is 2.44. The number of aromatic nitrogens is 1. The van der Waals surface area contributed by atoms with Crippen LogP contribution in [-0.4, -0.2) is 10.4 Å². The van der Waals surface area contributed by atoms with Gasteiger partial charge < -0.3 is 4.42 Å². The lowest BCUT2D eigenvalue weighted by Gasteiger charge is -1.88. The predicted octanol–water partition coefficient (Wildman–Crippen LogP) is 2.60. The summed E-state index contributed by atoms with van der Waals surface area (Å²) in [5.41, 5.74) is 1.30. The van der Waals surface area contributed by atoms with Crippen molar-refractivity contribution in [1.82, 2.24) is 4.98 Å². The lowest BCUT2D eigenvalue weighted by molar-refractivity contribution is 0.268. The number of hydrogen-bond donors (Lipinski definition) is 1. The number of carbonyl (C=O) groups is 1. The first-order valence-corrected chi connectivity index (χ1v) is 3.95. The van der Waals surface area contributed by atoms with Crippen LogP contribution in [0.5, 0.6) is 0 Å². The van der Waals surface area contributed by atoms with Crippen molar-refractivity contribution < 1.29 is 9.21 Å². The highest BCUT2D eigenvalue weighted by Crippen LogP contribution is 2.17. The summed E-state index contributed by atoms with van der Waals surface area (Å²) in [7, 11) is 0. The van der Waals surface area contributed by atoms with Gasteiger partial charge in [-0.2, -0.15) is 4.98 Å². The fourth-order valence-electron chi connectivity index (χ4n) is 1.01. The Morgan fingerprint density at radius 3 is 2.92 bits per heavy atom. The van der Waals surface area contributed by atoms with E-state index in [0.717, 1.165) is 0 Å². The Kier molecular flexibility index (Phi) is 1.90. The first kappa shape index (κ1) is 8.07. The van der Waals surface area contributed by atoms with Gasteiger partial charge in [-0.05, 0) is 23.7 Å². The Hall–Kier alpha value is -1.55. The van der Waals surface area contributed by atoms with Gasteiger partial charge in [0, 0.05) is 0 Å². The van der Waals surface area contributed by atoms with Gasteiger partial charge in [-0.15, -0.1) is 0 Å². The van der Waals surface area contributed by atoms with Gasteiger partial charge in [-0.1, -0.05) is 12.1 Å². The van der Waals surface area contributed by atoms with E-state index in [0.29, 0.717) is 11.1 Å². The summed E-state index contributed by atoms with van der Waals surface area (Å²) in [6, 6.07) is 7.30. The quantitative estimate of drug-likeness (QED) is 0.564. The Morgan fingerprint density at radius 2 is 2.23 bits per heavy atom. The van der Waals surface area contributed by atoms with Crippen molar-refractivity contribution in [2.24, 2.45) is 0 Å². The standard InChI is InChI=1S/C8H5ClN2O2/c9-7(12)11-8-10-5-3-1-2-4-6(5)13-8/h1-4H,(H,10,11,12). The summed E-state index contributed by atoms with van der Waals surface area (Å²) in [6.07, 6.45) is 0. The lowest BCUT2D eigenvalue weighted by atomic mass is 10.3. The topological polar surface area (TPSA) is 55.1 Å². The fraction of sp³-hybridized carbons (Fsp3) is 0. The molecule has 1 N–H and O–H groups in total. The highest BCUT2D eigenvalue weighted by atomic mass is 35.5. The van der Waals surface area contributed by atoms with Crippen LogP contribution in [0.2, 0.25) is 0 Å². The van der Waals surface area contributed by atoms with E-state index in [9.17, 15) is 4.79 Å². The summed E-state index contributed by atoms with van der Waals surface area (Å²) in [5.74, 6) is 0. The van der Waals surface area contributed by atoms with E-state index < -0.39 is 5.37 Å². The molecule has 0 saturated carbocycles. The van der Waals surface area contributed by atoms with Crippen LogP contribution in [0.15, 0.2) is 28.7 Å². The highest BCUT2D eigenvalue weighted by molar-refractivity contribution is 6.65. The summed E-state index contributed by atoms with van der Waals surface area (Å²) < 4.78 is 5.15. The second-order valence-corrected chi connectivity index (χ2v) is 2.73. The molecule has 2 rings (SSSR count). The molecule has 1 amide bonds. The van der Waals surface area contributed by atoms with Crippen molar-refractivity contribution in [2.45, 2.75) is 0 Å². The maximum Gasteiger partial charge on any atom is 0.321 e. The van der Waals surface area contributed by atoms with Crippen molar-refractivity contribution in [3.8, 4) is 0 Å². The van der Waals surface area contributed by atoms with Crippen molar-refractivity contribution in [3.63, 3.8) is 0 Å². The minimum Gasteiger partial charge on any atom is -0.423 e. The third-order valence-corrected chi connectivity index (χ3v) is 1.59. The van der Waals surface area contributed by atoms with Gasteiger partial charge >= 0.3 is 11.4 Å². The first-order valence-electron chi connectivity index (χ1n) is 3.58. The van der Waals surface area contributed by atoms with Crippen LogP contribution < -0.4 is 5.32 Å². The molecule has 0 aliphatic rings. The minimum absolute atomic E-state index is 0.112. The number of amides is 1. The molecule has 1 heterocycles. The number of nitrogens with zero attached hydrogens (tertiary/aromatic N) is 1. The molecule has 2 aromatic rings. The maximum atomic E-state index is 10.4. The van der Waals surface area contributed by atoms with Gasteiger partial charge in [0.25, 0.3) is 0 Å². The second kappa shape index (κ2) is 3.06. The van der Waals surface area contributed by atoms with Gasteiger partial charge in [0.2, 0.25) is 0 Å². The molecule has 5 heteroatoms. The zero-order chi connectivity index (χ0) is 9.26. The minimum atomic E-state index is -0.716. The number of halogens is 1. The lowest BCUT2D eigenvalue weighted by Crippen LogP contribution is -2.00. The normalized spacial score (nSPS) is 10.2. The second-order valence-electron chi connectivity index (χ2n) is 2.39. The van der Waals surface area contributed by atoms with E-state index in [1.54, 1.807) is 12.1 Å². The van der Waals surface area contributed by atoms with E-state index >= 15 is 0 Å². The monoisotopic (exact) mass is 196 g/mol. The van der Waals surface area contributed by atoms with Crippen LogP contribution in [0.25, 0.3) is 11.1 Å². The van der Waals surface area contributed by atoms with Gasteiger partial charge in [0.15, 0.2) is 5.58 Å². The molecular formula is C8H5ClN2O2. The molecule has 66 valence electrons. The van der Waals surface area contributed by atoms with E-state index in [-0.39, 0.29) is 6.01 Å². The van der Waals surface area contributed by atoms with Crippen LogP contribution >= 0.6 is 11.6 Å². The number of hydrogen-bond acceptors (Lipinski definition) is 3. The zero-order valence-electron chi connectivity index (χ0n) is 6.45. The molecule has 0 unspecified atom stereocenters. The molecule has 0 bridgehead atoms. The van der Waals surface area contributed by atoms with Gasteiger partial charge in [0.05, 0.1) is 0 Å². The Bertz CT molecular complexity index is 419. The van der Waals surface area contributed by atoms with E-state index in [1.165, 1.54) is 0 Å². The molecule has 0 aliphatic heterocycles. The number of rotatable bonds is 1. The molecule has 1 aromatic carbocycles. The molecule has 0 atom stereocenters. The number of benzene rings is 1. The summed E-state index contributed by atoms with van der Waals surface area (Å²) >= 11 is 5.09. The number of fused-ring (bicyclic) bond motifs is 1. The predicted molar refractivity (Wildman–Crippen MR) is 48.9 cm³/mol. The van der Waals surface area contributed by atoms with Crippen molar-refractivity contribution in [3.05, 3.63) is 24.3 Å². The molecule has 0 spiro atoms. The molecule has 13 heavy (non-hydrogen) atoms. The largest absolute Gasteiger partial charge is 0.423 e. The first-order chi connectivity index (χ1) is 6.25. The summed E-state index contributed by atoms with van der Waals surface area (Å²) in [5, 5.41) is 1.53. The SMILES string of the molecule is O=C(Cl)Nc1nc2ccccc2o1. The third kappa shape index (κ3) is 1.62. The van der Waals surface area contributed by atoms with Crippen molar-refractivity contribution in [2.75, 3.05) is 5.32 Å². The van der Waals surface area contributed by atoms with Crippen LogP contribution in [0.3, 0.4) is 0 Å². The van der Waals surface area contributed by atoms with Crippen molar-refractivity contribution in [1.29, 1.82) is 0 Å². The zero-order valence-corrected chi connectivity index (χ0v) is 7.21. The molecule has 0 radical (unpaired) electrons.